The summed E-state index contributed by atoms with van der Waals surface area (Å²) in [4.78, 5) is 37.8. The number of carbonyl (C=O) groups is 2. The molecule has 1 aliphatic rings. The van der Waals surface area contributed by atoms with Crippen LogP contribution in [0.1, 0.15) is 45.7 Å². The van der Waals surface area contributed by atoms with E-state index in [0.717, 1.165) is 43.7 Å². The summed E-state index contributed by atoms with van der Waals surface area (Å²) in [6, 6.07) is 7.10. The molecule has 11 nitrogen and oxygen atoms in total. The number of aromatic nitrogens is 5. The van der Waals surface area contributed by atoms with E-state index in [4.69, 9.17) is 19.6 Å². The number of nitrogens with zero attached hydrogens (tertiary/aromatic N) is 6. The Morgan fingerprint density at radius 1 is 1.05 bits per heavy atom. The van der Waals surface area contributed by atoms with Crippen LogP contribution in [-0.2, 0) is 14.3 Å². The molecule has 0 bridgehead atoms. The molecule has 1 atom stereocenters. The summed E-state index contributed by atoms with van der Waals surface area (Å²) in [5.41, 5.74) is 4.47. The van der Waals surface area contributed by atoms with E-state index in [2.05, 4.69) is 34.0 Å². The minimum absolute atomic E-state index is 0. The number of aliphatic carboxylic acids is 1. The molecule has 0 saturated carbocycles. The number of aliphatic imine (C=N–C) groups is 1. The molecule has 0 unspecified atom stereocenters. The van der Waals surface area contributed by atoms with Crippen molar-refractivity contribution in [2.75, 3.05) is 13.7 Å². The Balaban J connectivity index is 0.00000353. The number of benzene rings is 1. The van der Waals surface area contributed by atoms with Crippen molar-refractivity contribution < 1.29 is 24.2 Å². The number of hydrogen-bond donors (Lipinski definition) is 1. The third-order valence-electron chi connectivity index (χ3n) is 6.23. The standard InChI is InChI=1S/C26H24N6O5S.ClH/c1-13-14(2)38-26-22(13)23(29-19(9-21(35)36-4)25-31-30-15(3)32(25)26)16-5-7-17(8-6-16)24-27-10-18(11-28-24)37-12-20(33)34;/h5-8,10-11,19H,9,12H2,1-4H3,(H,33,34);1H/t19-;/m0./s1. The van der Waals surface area contributed by atoms with Crippen LogP contribution in [0.15, 0.2) is 41.7 Å². The summed E-state index contributed by atoms with van der Waals surface area (Å²) in [5, 5.41) is 18.4. The first-order valence-electron chi connectivity index (χ1n) is 11.7. The number of carboxylic acid groups (broad SMARTS) is 1. The Labute approximate surface area is 234 Å². The summed E-state index contributed by atoms with van der Waals surface area (Å²) in [7, 11) is 1.36. The zero-order chi connectivity index (χ0) is 27.0. The lowest BCUT2D eigenvalue weighted by Crippen LogP contribution is -2.12. The van der Waals surface area contributed by atoms with Crippen LogP contribution < -0.4 is 4.74 Å². The summed E-state index contributed by atoms with van der Waals surface area (Å²) in [6.45, 7) is 5.56. The highest BCUT2D eigenvalue weighted by atomic mass is 35.5. The predicted octanol–water partition coefficient (Wildman–Crippen LogP) is 4.05. The molecule has 4 aromatic rings. The zero-order valence-corrected chi connectivity index (χ0v) is 23.2. The highest BCUT2D eigenvalue weighted by Crippen LogP contribution is 2.39. The number of esters is 1. The Hall–Kier alpha value is -4.16. The molecular formula is C26H25ClN6O5S. The fourth-order valence-corrected chi connectivity index (χ4v) is 5.44. The highest BCUT2D eigenvalue weighted by Gasteiger charge is 2.32. The summed E-state index contributed by atoms with van der Waals surface area (Å²) in [6.07, 6.45) is 2.91. The first-order valence-corrected chi connectivity index (χ1v) is 12.5. The largest absolute Gasteiger partial charge is 0.479 e. The molecular weight excluding hydrogens is 544 g/mol. The Morgan fingerprint density at radius 2 is 1.72 bits per heavy atom. The number of aryl methyl sites for hydroxylation is 2. The quantitative estimate of drug-likeness (QED) is 0.327. The van der Waals surface area contributed by atoms with Crippen LogP contribution in [-0.4, -0.2) is 61.2 Å². The Morgan fingerprint density at radius 3 is 2.36 bits per heavy atom. The van der Waals surface area contributed by atoms with Crippen molar-refractivity contribution in [3.8, 4) is 22.1 Å². The predicted molar refractivity (Wildman–Crippen MR) is 146 cm³/mol. The van der Waals surface area contributed by atoms with Crippen LogP contribution in [0.25, 0.3) is 16.4 Å². The number of carboxylic acids is 1. The minimum Gasteiger partial charge on any atom is -0.479 e. The van der Waals surface area contributed by atoms with Crippen LogP contribution in [0.2, 0.25) is 0 Å². The van der Waals surface area contributed by atoms with Gasteiger partial charge in [0.1, 0.15) is 16.9 Å². The lowest BCUT2D eigenvalue weighted by molar-refractivity contribution is -0.141. The van der Waals surface area contributed by atoms with Crippen molar-refractivity contribution in [2.24, 2.45) is 4.99 Å². The number of methoxy groups -OCH3 is 1. The van der Waals surface area contributed by atoms with Crippen LogP contribution in [0.4, 0.5) is 0 Å². The van der Waals surface area contributed by atoms with E-state index in [9.17, 15) is 9.59 Å². The van der Waals surface area contributed by atoms with Crippen LogP contribution in [0.3, 0.4) is 0 Å². The second kappa shape index (κ2) is 11.3. The maximum Gasteiger partial charge on any atom is 0.341 e. The summed E-state index contributed by atoms with van der Waals surface area (Å²) < 4.78 is 12.0. The Bertz CT molecular complexity index is 1560. The van der Waals surface area contributed by atoms with Gasteiger partial charge in [0.25, 0.3) is 0 Å². The van der Waals surface area contributed by atoms with Gasteiger partial charge in [0, 0.05) is 21.6 Å². The summed E-state index contributed by atoms with van der Waals surface area (Å²) >= 11 is 1.64. The molecule has 202 valence electrons. The van der Waals surface area contributed by atoms with E-state index in [1.165, 1.54) is 19.5 Å². The smallest absolute Gasteiger partial charge is 0.341 e. The van der Waals surface area contributed by atoms with Crippen LogP contribution >= 0.6 is 23.7 Å². The lowest BCUT2D eigenvalue weighted by atomic mass is 9.98. The maximum atomic E-state index is 12.3. The van der Waals surface area contributed by atoms with E-state index in [-0.39, 0.29) is 30.5 Å². The van der Waals surface area contributed by atoms with E-state index in [1.54, 1.807) is 11.3 Å². The van der Waals surface area contributed by atoms with Crippen LogP contribution in [0.5, 0.6) is 5.75 Å². The number of rotatable bonds is 7. The number of ether oxygens (including phenoxy) is 2. The van der Waals surface area contributed by atoms with E-state index >= 15 is 0 Å². The first kappa shape index (κ1) is 27.9. The number of carbonyl (C=O) groups excluding carboxylic acids is 1. The van der Waals surface area contributed by atoms with Crippen LogP contribution in [0, 0.1) is 20.8 Å². The first-order chi connectivity index (χ1) is 18.3. The van der Waals surface area contributed by atoms with Gasteiger partial charge >= 0.3 is 11.9 Å². The van der Waals surface area contributed by atoms with E-state index in [0.29, 0.717) is 11.6 Å². The average Bonchev–Trinajstić information content (AvgIpc) is 3.39. The van der Waals surface area contributed by atoms with Crippen molar-refractivity contribution in [1.29, 1.82) is 0 Å². The second-order valence-corrected chi connectivity index (χ2v) is 9.88. The molecule has 3 aromatic heterocycles. The topological polar surface area (TPSA) is 142 Å². The molecule has 4 heterocycles. The molecule has 0 amide bonds. The number of thiophene rings is 1. The van der Waals surface area contributed by atoms with Gasteiger partial charge in [-0.15, -0.1) is 33.9 Å². The minimum atomic E-state index is -1.07. The van der Waals surface area contributed by atoms with Crippen molar-refractivity contribution >= 4 is 41.4 Å². The third-order valence-corrected chi connectivity index (χ3v) is 7.43. The van der Waals surface area contributed by atoms with Crippen molar-refractivity contribution in [2.45, 2.75) is 33.2 Å². The van der Waals surface area contributed by atoms with Gasteiger partial charge in [-0.1, -0.05) is 24.3 Å². The fourth-order valence-electron chi connectivity index (χ4n) is 4.23. The van der Waals surface area contributed by atoms with Crippen molar-refractivity contribution in [3.05, 3.63) is 69.9 Å². The van der Waals surface area contributed by atoms with Gasteiger partial charge < -0.3 is 14.6 Å². The maximum absolute atomic E-state index is 12.3. The monoisotopic (exact) mass is 568 g/mol. The summed E-state index contributed by atoms with van der Waals surface area (Å²) in [5.74, 6) is 0.601. The molecule has 5 rings (SSSR count). The molecule has 0 fully saturated rings. The number of fused-ring (bicyclic) bond motifs is 3. The van der Waals surface area contributed by atoms with Crippen molar-refractivity contribution in [3.63, 3.8) is 0 Å². The fraction of sp³-hybridized carbons (Fsp3) is 0.269. The van der Waals surface area contributed by atoms with Gasteiger partial charge in [0.2, 0.25) is 0 Å². The second-order valence-electron chi connectivity index (χ2n) is 8.68. The van der Waals surface area contributed by atoms with Gasteiger partial charge in [-0.2, -0.15) is 0 Å². The zero-order valence-electron chi connectivity index (χ0n) is 21.5. The van der Waals surface area contributed by atoms with Gasteiger partial charge in [0.15, 0.2) is 24.0 Å². The number of halogens is 1. The highest BCUT2D eigenvalue weighted by molar-refractivity contribution is 7.15. The van der Waals surface area contributed by atoms with Gasteiger partial charge in [-0.25, -0.2) is 14.8 Å². The van der Waals surface area contributed by atoms with Gasteiger partial charge in [-0.05, 0) is 26.3 Å². The van der Waals surface area contributed by atoms with E-state index in [1.807, 2.05) is 35.8 Å². The lowest BCUT2D eigenvalue weighted by Gasteiger charge is -2.12. The normalized spacial score (nSPS) is 13.8. The molecule has 1 N–H and O–H groups in total. The molecule has 39 heavy (non-hydrogen) atoms. The molecule has 1 aromatic carbocycles. The van der Waals surface area contributed by atoms with Gasteiger partial charge in [0.05, 0.1) is 31.6 Å². The average molecular weight is 569 g/mol. The molecule has 0 radical (unpaired) electrons. The third kappa shape index (κ3) is 5.38. The van der Waals surface area contributed by atoms with Gasteiger partial charge in [-0.3, -0.25) is 14.4 Å². The number of hydrogen-bond acceptors (Lipinski definition) is 10. The molecule has 0 spiro atoms. The molecule has 13 heteroatoms. The Kier molecular flexibility index (Phi) is 8.07. The molecule has 0 saturated heterocycles. The SMILES string of the molecule is COC(=O)C[C@@H]1N=C(c2ccc(-c3ncc(OCC(=O)O)cn3)cc2)c2c(sc(C)c2C)-n2c(C)nnc21.Cl. The van der Waals surface area contributed by atoms with E-state index < -0.39 is 18.6 Å². The molecule has 1 aliphatic heterocycles. The molecule has 0 aliphatic carbocycles. The van der Waals surface area contributed by atoms with Crippen molar-refractivity contribution in [1.82, 2.24) is 24.7 Å².